The lowest BCUT2D eigenvalue weighted by Gasteiger charge is -2.31. The third kappa shape index (κ3) is 2.34. The molecule has 0 saturated carbocycles. The summed E-state index contributed by atoms with van der Waals surface area (Å²) < 4.78 is 0. The minimum atomic E-state index is 0.497. The second-order valence-corrected chi connectivity index (χ2v) is 6.96. The van der Waals surface area contributed by atoms with Gasteiger partial charge >= 0.3 is 0 Å². The summed E-state index contributed by atoms with van der Waals surface area (Å²) in [5, 5.41) is 2.18. The topological polar surface area (TPSA) is 32.3 Å². The van der Waals surface area contributed by atoms with Crippen molar-refractivity contribution in [2.45, 2.75) is 31.8 Å². The van der Waals surface area contributed by atoms with E-state index in [1.54, 1.807) is 6.33 Å². The van der Waals surface area contributed by atoms with Crippen LogP contribution in [0.25, 0.3) is 0 Å². The van der Waals surface area contributed by atoms with E-state index in [9.17, 15) is 0 Å². The molecule has 4 heterocycles. The summed E-state index contributed by atoms with van der Waals surface area (Å²) in [5.74, 6) is 1.17. The maximum atomic E-state index is 4.66. The molecule has 0 N–H and O–H groups in total. The number of thiophene rings is 1. The highest BCUT2D eigenvalue weighted by atomic mass is 32.1. The van der Waals surface area contributed by atoms with E-state index in [0.717, 1.165) is 26.1 Å². The monoisotopic (exact) mass is 300 g/mol. The molecule has 2 aromatic rings. The third-order valence-electron chi connectivity index (χ3n) is 4.57. The Bertz CT molecular complexity index is 625. The number of hydrogen-bond donors (Lipinski definition) is 0. The van der Waals surface area contributed by atoms with E-state index in [-0.39, 0.29) is 0 Å². The average Bonchev–Trinajstić information content (AvgIpc) is 3.17. The van der Waals surface area contributed by atoms with E-state index in [1.807, 2.05) is 11.3 Å². The van der Waals surface area contributed by atoms with Gasteiger partial charge in [0.05, 0.1) is 11.7 Å². The number of likely N-dealkylation sites (N-methyl/N-ethyl adjacent to an activating group) is 1. The van der Waals surface area contributed by atoms with E-state index in [0.29, 0.717) is 6.04 Å². The Morgan fingerprint density at radius 3 is 3.10 bits per heavy atom. The molecule has 2 aromatic heterocycles. The highest BCUT2D eigenvalue weighted by Crippen LogP contribution is 2.39. The molecule has 1 saturated heterocycles. The van der Waals surface area contributed by atoms with Gasteiger partial charge in [0.25, 0.3) is 0 Å². The maximum Gasteiger partial charge on any atom is 0.137 e. The van der Waals surface area contributed by atoms with E-state index in [4.69, 9.17) is 0 Å². The number of rotatable bonds is 2. The molecule has 21 heavy (non-hydrogen) atoms. The van der Waals surface area contributed by atoms with Gasteiger partial charge in [-0.05, 0) is 31.3 Å². The summed E-state index contributed by atoms with van der Waals surface area (Å²) in [7, 11) is 2.18. The molecule has 0 bridgehead atoms. The fraction of sp³-hybridized carbons (Fsp3) is 0.500. The van der Waals surface area contributed by atoms with Crippen LogP contribution in [0.1, 0.15) is 35.0 Å². The Balaban J connectivity index is 1.73. The zero-order valence-corrected chi connectivity index (χ0v) is 13.1. The molecule has 0 aromatic carbocycles. The Kier molecular flexibility index (Phi) is 3.39. The van der Waals surface area contributed by atoms with Crippen LogP contribution in [0.5, 0.6) is 0 Å². The van der Waals surface area contributed by atoms with Crippen molar-refractivity contribution in [2.75, 3.05) is 25.0 Å². The summed E-state index contributed by atoms with van der Waals surface area (Å²) in [6.45, 7) is 3.17. The highest BCUT2D eigenvalue weighted by molar-refractivity contribution is 7.10. The highest BCUT2D eigenvalue weighted by Gasteiger charge is 2.31. The van der Waals surface area contributed by atoms with Crippen LogP contribution in [0.15, 0.2) is 23.8 Å². The lowest BCUT2D eigenvalue weighted by atomic mass is 10.1. The Morgan fingerprint density at radius 2 is 2.24 bits per heavy atom. The summed E-state index contributed by atoms with van der Waals surface area (Å²) in [6, 6.07) is 4.91. The molecule has 0 amide bonds. The molecule has 1 atom stereocenters. The number of hydrogen-bond acceptors (Lipinski definition) is 5. The molecule has 4 rings (SSSR count). The first-order chi connectivity index (χ1) is 10.3. The van der Waals surface area contributed by atoms with Gasteiger partial charge in [-0.1, -0.05) is 6.07 Å². The average molecular weight is 300 g/mol. The van der Waals surface area contributed by atoms with E-state index in [1.165, 1.54) is 34.8 Å². The van der Waals surface area contributed by atoms with Gasteiger partial charge in [-0.2, -0.15) is 0 Å². The van der Waals surface area contributed by atoms with Gasteiger partial charge in [-0.15, -0.1) is 11.3 Å². The zero-order chi connectivity index (χ0) is 14.2. The molecule has 5 heteroatoms. The quantitative estimate of drug-likeness (QED) is 0.853. The van der Waals surface area contributed by atoms with Gasteiger partial charge in [0.15, 0.2) is 0 Å². The predicted octanol–water partition coefficient (Wildman–Crippen LogP) is 2.87. The van der Waals surface area contributed by atoms with Crippen molar-refractivity contribution in [3.05, 3.63) is 40.0 Å². The summed E-state index contributed by atoms with van der Waals surface area (Å²) in [6.07, 6.45) is 5.27. The van der Waals surface area contributed by atoms with Crippen LogP contribution in [0.2, 0.25) is 0 Å². The molecule has 2 aliphatic rings. The van der Waals surface area contributed by atoms with Gasteiger partial charge in [-0.3, -0.25) is 0 Å². The maximum absolute atomic E-state index is 4.66. The van der Waals surface area contributed by atoms with Gasteiger partial charge < -0.3 is 9.80 Å². The van der Waals surface area contributed by atoms with Gasteiger partial charge in [0.2, 0.25) is 0 Å². The lowest BCUT2D eigenvalue weighted by molar-refractivity contribution is 0.309. The smallest absolute Gasteiger partial charge is 0.137 e. The first-order valence-corrected chi connectivity index (χ1v) is 8.52. The molecule has 0 radical (unpaired) electrons. The Morgan fingerprint density at radius 1 is 1.29 bits per heavy atom. The van der Waals surface area contributed by atoms with Crippen molar-refractivity contribution >= 4 is 17.2 Å². The molecule has 0 unspecified atom stereocenters. The minimum absolute atomic E-state index is 0.497. The minimum Gasteiger partial charge on any atom is -0.348 e. The number of aromatic nitrogens is 2. The van der Waals surface area contributed by atoms with Crippen molar-refractivity contribution in [1.29, 1.82) is 0 Å². The largest absolute Gasteiger partial charge is 0.348 e. The Labute approximate surface area is 129 Å². The fourth-order valence-corrected chi connectivity index (χ4v) is 4.38. The van der Waals surface area contributed by atoms with Crippen molar-refractivity contribution < 1.29 is 0 Å². The van der Waals surface area contributed by atoms with Crippen LogP contribution in [0.3, 0.4) is 0 Å². The molecule has 0 spiro atoms. The first-order valence-electron chi connectivity index (χ1n) is 7.64. The number of anilines is 1. The molecular weight excluding hydrogens is 280 g/mol. The summed E-state index contributed by atoms with van der Waals surface area (Å²) >= 11 is 1.86. The van der Waals surface area contributed by atoms with Crippen LogP contribution in [-0.4, -0.2) is 35.0 Å². The second-order valence-electron chi connectivity index (χ2n) is 5.98. The number of fused-ring (bicyclic) bond motifs is 1. The summed E-state index contributed by atoms with van der Waals surface area (Å²) in [5.41, 5.74) is 2.59. The van der Waals surface area contributed by atoms with Crippen LogP contribution < -0.4 is 4.90 Å². The van der Waals surface area contributed by atoms with E-state index in [2.05, 4.69) is 44.3 Å². The van der Waals surface area contributed by atoms with Crippen molar-refractivity contribution in [3.8, 4) is 0 Å². The van der Waals surface area contributed by atoms with Crippen molar-refractivity contribution in [2.24, 2.45) is 0 Å². The third-order valence-corrected chi connectivity index (χ3v) is 5.54. The summed E-state index contributed by atoms with van der Waals surface area (Å²) in [4.78, 5) is 15.5. The van der Waals surface area contributed by atoms with Crippen LogP contribution in [-0.2, 0) is 13.0 Å². The van der Waals surface area contributed by atoms with E-state index >= 15 is 0 Å². The normalized spacial score (nSPS) is 22.5. The zero-order valence-electron chi connectivity index (χ0n) is 12.3. The Hall–Kier alpha value is -1.46. The molecule has 1 fully saturated rings. The standard InChI is InChI=1S/C16H20N4S/c1-19-8-6-13-12(10-19)16(18-11-17-13)20-7-2-4-14(20)15-5-3-9-21-15/h3,5,9,11,14H,2,4,6-8,10H2,1H3/t14-/m0/s1. The van der Waals surface area contributed by atoms with Gasteiger partial charge in [-0.25, -0.2) is 9.97 Å². The predicted molar refractivity (Wildman–Crippen MR) is 85.7 cm³/mol. The SMILES string of the molecule is CN1CCc2ncnc(N3CCC[C@H]3c3cccs3)c2C1. The van der Waals surface area contributed by atoms with Crippen molar-refractivity contribution in [1.82, 2.24) is 14.9 Å². The van der Waals surface area contributed by atoms with Crippen LogP contribution in [0, 0.1) is 0 Å². The van der Waals surface area contributed by atoms with Crippen LogP contribution >= 0.6 is 11.3 Å². The molecule has 4 nitrogen and oxygen atoms in total. The van der Waals surface area contributed by atoms with Gasteiger partial charge in [0.1, 0.15) is 12.1 Å². The van der Waals surface area contributed by atoms with Crippen LogP contribution in [0.4, 0.5) is 5.82 Å². The second kappa shape index (κ2) is 5.39. The number of nitrogens with zero attached hydrogens (tertiary/aromatic N) is 4. The first kappa shape index (κ1) is 13.2. The van der Waals surface area contributed by atoms with Gasteiger partial charge in [0, 0.05) is 36.5 Å². The molecule has 110 valence electrons. The lowest BCUT2D eigenvalue weighted by Crippen LogP contribution is -2.31. The molecular formula is C16H20N4S. The van der Waals surface area contributed by atoms with E-state index < -0.39 is 0 Å². The molecule has 0 aliphatic carbocycles. The molecule has 2 aliphatic heterocycles. The van der Waals surface area contributed by atoms with Crippen molar-refractivity contribution in [3.63, 3.8) is 0 Å². The fourth-order valence-electron chi connectivity index (χ4n) is 3.51.